The van der Waals surface area contributed by atoms with Gasteiger partial charge in [0, 0.05) is 34.4 Å². The first-order valence-electron chi connectivity index (χ1n) is 21.6. The summed E-state index contributed by atoms with van der Waals surface area (Å²) in [5.41, 5.74) is 11.8. The van der Waals surface area contributed by atoms with E-state index in [1.54, 1.807) is 0 Å². The van der Waals surface area contributed by atoms with Crippen LogP contribution in [0.1, 0.15) is 6.42 Å². The number of benzene rings is 10. The molecule has 0 fully saturated rings. The number of anilines is 4. The van der Waals surface area contributed by atoms with E-state index >= 15 is 0 Å². The second-order valence-corrected chi connectivity index (χ2v) is 16.5. The van der Waals surface area contributed by atoms with Gasteiger partial charge in [-0.2, -0.15) is 0 Å². The van der Waals surface area contributed by atoms with Gasteiger partial charge in [-0.05, 0) is 143 Å². The number of fused-ring (bicyclic) bond motifs is 6. The molecule has 0 aliphatic heterocycles. The van der Waals surface area contributed by atoms with Crippen molar-refractivity contribution >= 4 is 76.6 Å². The molecule has 0 bridgehead atoms. The quantitative estimate of drug-likeness (QED) is 0.162. The summed E-state index contributed by atoms with van der Waals surface area (Å²) in [6.07, 6.45) is 14.5. The van der Waals surface area contributed by atoms with Crippen LogP contribution in [0.4, 0.5) is 22.7 Å². The van der Waals surface area contributed by atoms with E-state index in [0.717, 1.165) is 34.9 Å². The van der Waals surface area contributed by atoms with E-state index < -0.39 is 0 Å². The lowest BCUT2D eigenvalue weighted by molar-refractivity contribution is 0.773. The van der Waals surface area contributed by atoms with Crippen LogP contribution in [0.3, 0.4) is 0 Å². The molecule has 1 atom stereocenters. The smallest absolute Gasteiger partial charge is 0.0468 e. The van der Waals surface area contributed by atoms with Gasteiger partial charge in [0.05, 0.1) is 0 Å². The molecule has 292 valence electrons. The summed E-state index contributed by atoms with van der Waals surface area (Å²) < 4.78 is 0. The summed E-state index contributed by atoms with van der Waals surface area (Å²) in [5.74, 6) is 0.449. The summed E-state index contributed by atoms with van der Waals surface area (Å²) in [5, 5.41) is 16.0. The van der Waals surface area contributed by atoms with Crippen molar-refractivity contribution in [3.63, 3.8) is 0 Å². The molecule has 10 aromatic carbocycles. The molecular weight excluding hydrogens is 749 g/mol. The first kappa shape index (κ1) is 36.0. The topological polar surface area (TPSA) is 15.3 Å². The maximum absolute atomic E-state index is 3.83. The van der Waals surface area contributed by atoms with Crippen molar-refractivity contribution in [2.75, 3.05) is 10.2 Å². The molecule has 0 amide bonds. The van der Waals surface area contributed by atoms with E-state index in [1.807, 2.05) is 0 Å². The predicted molar refractivity (Wildman–Crippen MR) is 266 cm³/mol. The van der Waals surface area contributed by atoms with Crippen LogP contribution in [-0.2, 0) is 0 Å². The molecule has 0 radical (unpaired) electrons. The maximum atomic E-state index is 3.83. The van der Waals surface area contributed by atoms with Gasteiger partial charge in [-0.3, -0.25) is 0 Å². The summed E-state index contributed by atoms with van der Waals surface area (Å²) in [6.45, 7) is 0. The molecule has 1 N–H and O–H groups in total. The van der Waals surface area contributed by atoms with E-state index in [9.17, 15) is 0 Å². The molecule has 2 nitrogen and oxygen atoms in total. The van der Waals surface area contributed by atoms with Gasteiger partial charge in [-0.25, -0.2) is 0 Å². The van der Waals surface area contributed by atoms with Gasteiger partial charge >= 0.3 is 0 Å². The fraction of sp³-hybridized carbons (Fsp3) is 0.0333. The van der Waals surface area contributed by atoms with Crippen molar-refractivity contribution in [3.05, 3.63) is 242 Å². The first-order valence-corrected chi connectivity index (χ1v) is 21.6. The molecule has 0 saturated heterocycles. The number of hydrogen-bond acceptors (Lipinski definition) is 2. The minimum Gasteiger partial charge on any atom is -0.356 e. The van der Waals surface area contributed by atoms with Gasteiger partial charge in [0.2, 0.25) is 0 Å². The van der Waals surface area contributed by atoms with Crippen LogP contribution in [0.25, 0.3) is 76.1 Å². The largest absolute Gasteiger partial charge is 0.356 e. The van der Waals surface area contributed by atoms with Crippen molar-refractivity contribution < 1.29 is 0 Å². The van der Waals surface area contributed by atoms with E-state index in [2.05, 4.69) is 241 Å². The van der Waals surface area contributed by atoms with E-state index in [0.29, 0.717) is 5.92 Å². The zero-order chi connectivity index (χ0) is 41.0. The third-order valence-corrected chi connectivity index (χ3v) is 12.8. The van der Waals surface area contributed by atoms with Crippen molar-refractivity contribution in [2.24, 2.45) is 5.92 Å². The molecule has 62 heavy (non-hydrogen) atoms. The Bertz CT molecular complexity index is 3450. The Morgan fingerprint density at radius 1 is 0.435 bits per heavy atom. The Hall–Kier alpha value is -7.94. The number of rotatable bonds is 7. The fourth-order valence-corrected chi connectivity index (χ4v) is 9.88. The lowest BCUT2D eigenvalue weighted by Gasteiger charge is -2.28. The standard InChI is InChI=1S/C60H42N2/c1-2-17-44(18-3-1)59-55-34-32-52(62(50-30-26-41-14-5-8-20-46(41)36-50)51-31-27-42-15-6-9-21-47(42)37-51)39-58(55)60(54-24-12-22-43-16-10-11-23-53(43)54)56-33-29-49(38-57(56)59)61-48-28-25-40-13-4-7-19-45(40)35-48/h1-24,26-40,61H,25H2. The average molecular weight is 791 g/mol. The molecule has 1 unspecified atom stereocenters. The van der Waals surface area contributed by atoms with Crippen LogP contribution in [0.15, 0.2) is 242 Å². The van der Waals surface area contributed by atoms with E-state index in [-0.39, 0.29) is 0 Å². The SMILES string of the molecule is C1=CC2=CC(Nc3ccc4c(-c5cccc6ccccc56)c5cc(N(c6ccc7ccccc7c6)c6ccc7ccccc7c6)ccc5c(-c5ccccc5)c4c3)=CCC2C=C1. The highest BCUT2D eigenvalue weighted by Crippen LogP contribution is 2.48. The third-order valence-electron chi connectivity index (χ3n) is 12.8. The van der Waals surface area contributed by atoms with Crippen molar-refractivity contribution in [1.29, 1.82) is 0 Å². The van der Waals surface area contributed by atoms with E-state index in [1.165, 1.54) is 81.7 Å². The summed E-state index contributed by atoms with van der Waals surface area (Å²) in [7, 11) is 0. The van der Waals surface area contributed by atoms with Crippen molar-refractivity contribution in [3.8, 4) is 22.3 Å². The normalized spacial score (nSPS) is 14.6. The molecule has 10 aromatic rings. The monoisotopic (exact) mass is 790 g/mol. The second-order valence-electron chi connectivity index (χ2n) is 16.5. The Morgan fingerprint density at radius 3 is 1.82 bits per heavy atom. The molecule has 12 rings (SSSR count). The third kappa shape index (κ3) is 6.28. The van der Waals surface area contributed by atoms with Gasteiger partial charge < -0.3 is 10.2 Å². The molecule has 0 saturated carbocycles. The number of nitrogens with one attached hydrogen (secondary N) is 1. The number of allylic oxidation sites excluding steroid dienone is 7. The van der Waals surface area contributed by atoms with Gasteiger partial charge in [0.15, 0.2) is 0 Å². The summed E-state index contributed by atoms with van der Waals surface area (Å²) in [6, 6.07) is 71.5. The van der Waals surface area contributed by atoms with Crippen LogP contribution < -0.4 is 10.2 Å². The predicted octanol–water partition coefficient (Wildman–Crippen LogP) is 16.6. The van der Waals surface area contributed by atoms with Crippen molar-refractivity contribution in [1.82, 2.24) is 0 Å². The average Bonchev–Trinajstić information content (AvgIpc) is 3.33. The molecule has 2 aliphatic carbocycles. The molecule has 0 aromatic heterocycles. The minimum absolute atomic E-state index is 0.449. The molecule has 2 aliphatic rings. The summed E-state index contributed by atoms with van der Waals surface area (Å²) >= 11 is 0. The van der Waals surface area contributed by atoms with Gasteiger partial charge in [0.25, 0.3) is 0 Å². The molecule has 0 spiro atoms. The van der Waals surface area contributed by atoms with E-state index in [4.69, 9.17) is 0 Å². The van der Waals surface area contributed by atoms with Crippen LogP contribution in [-0.4, -0.2) is 0 Å². The summed E-state index contributed by atoms with van der Waals surface area (Å²) in [4.78, 5) is 2.43. The van der Waals surface area contributed by atoms with Crippen LogP contribution >= 0.6 is 0 Å². The number of nitrogens with zero attached hydrogens (tertiary/aromatic N) is 1. The lowest BCUT2D eigenvalue weighted by atomic mass is 9.84. The zero-order valence-electron chi connectivity index (χ0n) is 34.2. The Kier molecular flexibility index (Phi) is 8.67. The Labute approximate surface area is 361 Å². The Balaban J connectivity index is 1.14. The molecule has 2 heteroatoms. The lowest BCUT2D eigenvalue weighted by Crippen LogP contribution is -2.10. The maximum Gasteiger partial charge on any atom is 0.0468 e. The highest BCUT2D eigenvalue weighted by atomic mass is 15.1. The van der Waals surface area contributed by atoms with Gasteiger partial charge in [-0.15, -0.1) is 0 Å². The van der Waals surface area contributed by atoms with Gasteiger partial charge in [-0.1, -0.05) is 176 Å². The van der Waals surface area contributed by atoms with Crippen LogP contribution in [0, 0.1) is 5.92 Å². The Morgan fingerprint density at radius 2 is 1.05 bits per heavy atom. The van der Waals surface area contributed by atoms with Crippen LogP contribution in [0.2, 0.25) is 0 Å². The van der Waals surface area contributed by atoms with Crippen LogP contribution in [0.5, 0.6) is 0 Å². The van der Waals surface area contributed by atoms with Gasteiger partial charge in [0.1, 0.15) is 0 Å². The molecule has 0 heterocycles. The molecular formula is C60H42N2. The highest BCUT2D eigenvalue weighted by Gasteiger charge is 2.22. The highest BCUT2D eigenvalue weighted by molar-refractivity contribution is 6.24. The minimum atomic E-state index is 0.449. The zero-order valence-corrected chi connectivity index (χ0v) is 34.2. The second kappa shape index (κ2) is 15.0. The fourth-order valence-electron chi connectivity index (χ4n) is 9.88. The van der Waals surface area contributed by atoms with Crippen molar-refractivity contribution in [2.45, 2.75) is 6.42 Å². The number of hydrogen-bond donors (Lipinski definition) is 1. The first-order chi connectivity index (χ1) is 30.7.